The van der Waals surface area contributed by atoms with Gasteiger partial charge in [0.2, 0.25) is 15.8 Å². The smallest absolute Gasteiger partial charge is 0.374 e. The van der Waals surface area contributed by atoms with Crippen LogP contribution in [0.15, 0.2) is 57.8 Å². The van der Waals surface area contributed by atoms with Crippen LogP contribution in [0.2, 0.25) is 0 Å². The molecule has 2 atom stereocenters. The minimum Gasteiger partial charge on any atom is -0.460 e. The van der Waals surface area contributed by atoms with Crippen molar-refractivity contribution in [3.05, 3.63) is 65.7 Å². The minimum absolute atomic E-state index is 0.113. The summed E-state index contributed by atoms with van der Waals surface area (Å²) in [5, 5.41) is 10.6. The number of β-amino-alcohol motifs (C(OH)–C–C–N with tert-alkyl or cyclic N) is 1. The summed E-state index contributed by atoms with van der Waals surface area (Å²) >= 11 is 0. The molecular formula is C23H22FNO8S. The SMILES string of the molecule is CCOC(=O)c1oc2ccccc2c1COC(=O)[C@@H]1C[C@H](O)CN1S(=O)(=O)c1ccc(F)cc1. The Bertz CT molecular complexity index is 1320. The van der Waals surface area contributed by atoms with Crippen LogP contribution in [0.1, 0.15) is 29.5 Å². The Labute approximate surface area is 194 Å². The highest BCUT2D eigenvalue weighted by atomic mass is 32.2. The summed E-state index contributed by atoms with van der Waals surface area (Å²) < 4.78 is 56.2. The van der Waals surface area contributed by atoms with Crippen LogP contribution in [0.4, 0.5) is 4.39 Å². The third-order valence-electron chi connectivity index (χ3n) is 5.44. The maximum atomic E-state index is 13.2. The highest BCUT2D eigenvalue weighted by Gasteiger charge is 2.44. The lowest BCUT2D eigenvalue weighted by Crippen LogP contribution is -2.41. The molecule has 0 amide bonds. The first-order valence-electron chi connectivity index (χ1n) is 10.5. The molecule has 34 heavy (non-hydrogen) atoms. The zero-order chi connectivity index (χ0) is 24.5. The molecule has 0 radical (unpaired) electrons. The second-order valence-electron chi connectivity index (χ2n) is 7.67. The molecule has 0 aliphatic carbocycles. The predicted molar refractivity (Wildman–Crippen MR) is 117 cm³/mol. The summed E-state index contributed by atoms with van der Waals surface area (Å²) in [6.45, 7) is 1.07. The van der Waals surface area contributed by atoms with Crippen molar-refractivity contribution in [1.29, 1.82) is 0 Å². The van der Waals surface area contributed by atoms with Gasteiger partial charge in [-0.25, -0.2) is 17.6 Å². The van der Waals surface area contributed by atoms with Gasteiger partial charge in [-0.05, 0) is 37.3 Å². The van der Waals surface area contributed by atoms with E-state index in [1.807, 2.05) is 0 Å². The van der Waals surface area contributed by atoms with Crippen LogP contribution < -0.4 is 0 Å². The van der Waals surface area contributed by atoms with E-state index in [2.05, 4.69) is 0 Å². The topological polar surface area (TPSA) is 123 Å². The van der Waals surface area contributed by atoms with Gasteiger partial charge in [0.15, 0.2) is 0 Å². The zero-order valence-electron chi connectivity index (χ0n) is 18.1. The summed E-state index contributed by atoms with van der Waals surface area (Å²) in [5.74, 6) is -2.34. The third-order valence-corrected chi connectivity index (χ3v) is 7.33. The van der Waals surface area contributed by atoms with Gasteiger partial charge in [0.25, 0.3) is 0 Å². The molecule has 1 aliphatic heterocycles. The normalized spacial score (nSPS) is 18.8. The van der Waals surface area contributed by atoms with Crippen LogP contribution in [0.5, 0.6) is 0 Å². The number of benzene rings is 2. The number of hydrogen-bond acceptors (Lipinski definition) is 8. The Balaban J connectivity index is 1.58. The lowest BCUT2D eigenvalue weighted by molar-refractivity contribution is -0.148. The van der Waals surface area contributed by atoms with Gasteiger partial charge < -0.3 is 19.0 Å². The first-order chi connectivity index (χ1) is 16.2. The molecule has 4 rings (SSSR count). The molecule has 1 N–H and O–H groups in total. The standard InChI is InChI=1S/C23H22FNO8S/c1-2-31-23(28)21-18(17-5-3-4-6-20(17)33-21)13-32-22(27)19-11-15(26)12-25(19)34(29,30)16-9-7-14(24)8-10-16/h3-10,15,19,26H,2,11-13H2,1H3/t15-,19-/m0/s1. The first kappa shape index (κ1) is 23.9. The first-order valence-corrected chi connectivity index (χ1v) is 12.0. The van der Waals surface area contributed by atoms with Crippen molar-refractivity contribution < 1.29 is 41.4 Å². The summed E-state index contributed by atoms with van der Waals surface area (Å²) in [4.78, 5) is 25.0. The molecule has 0 bridgehead atoms. The number of rotatable bonds is 7. The van der Waals surface area contributed by atoms with Crippen molar-refractivity contribution in [1.82, 2.24) is 4.31 Å². The molecule has 2 aromatic carbocycles. The second kappa shape index (κ2) is 9.53. The van der Waals surface area contributed by atoms with Gasteiger partial charge >= 0.3 is 11.9 Å². The molecule has 1 saturated heterocycles. The van der Waals surface area contributed by atoms with Gasteiger partial charge in [0.1, 0.15) is 24.0 Å². The van der Waals surface area contributed by atoms with Crippen molar-refractivity contribution >= 4 is 32.9 Å². The number of furan rings is 1. The van der Waals surface area contributed by atoms with E-state index in [-0.39, 0.29) is 42.4 Å². The fraction of sp³-hybridized carbons (Fsp3) is 0.304. The zero-order valence-corrected chi connectivity index (χ0v) is 19.0. The monoisotopic (exact) mass is 491 g/mol. The number of aliphatic hydroxyl groups is 1. The van der Waals surface area contributed by atoms with Crippen LogP contribution >= 0.6 is 0 Å². The summed E-state index contributed by atoms with van der Waals surface area (Å²) in [6, 6.07) is 9.64. The van der Waals surface area contributed by atoms with Crippen molar-refractivity contribution in [2.75, 3.05) is 13.2 Å². The predicted octanol–water partition coefficient (Wildman–Crippen LogP) is 2.62. The van der Waals surface area contributed by atoms with Gasteiger partial charge in [0, 0.05) is 18.4 Å². The Morgan fingerprint density at radius 2 is 1.85 bits per heavy atom. The van der Waals surface area contributed by atoms with E-state index >= 15 is 0 Å². The largest absolute Gasteiger partial charge is 0.460 e. The summed E-state index contributed by atoms with van der Waals surface area (Å²) in [5.41, 5.74) is 0.683. The molecule has 0 saturated carbocycles. The van der Waals surface area contributed by atoms with Crippen LogP contribution in [-0.4, -0.2) is 55.1 Å². The van der Waals surface area contributed by atoms with Crippen LogP contribution in [0, 0.1) is 5.82 Å². The molecular weight excluding hydrogens is 469 g/mol. The second-order valence-corrected chi connectivity index (χ2v) is 9.56. The van der Waals surface area contributed by atoms with E-state index in [0.29, 0.717) is 11.0 Å². The number of sulfonamides is 1. The fourth-order valence-electron chi connectivity index (χ4n) is 3.85. The summed E-state index contributed by atoms with van der Waals surface area (Å²) in [7, 11) is -4.21. The third kappa shape index (κ3) is 4.54. The number of carbonyl (C=O) groups is 2. The number of halogens is 1. The average Bonchev–Trinajstić information content (AvgIpc) is 3.39. The lowest BCUT2D eigenvalue weighted by Gasteiger charge is -2.22. The Morgan fingerprint density at radius 3 is 2.56 bits per heavy atom. The van der Waals surface area contributed by atoms with Crippen molar-refractivity contribution in [2.24, 2.45) is 0 Å². The van der Waals surface area contributed by atoms with Crippen LogP contribution in [0.25, 0.3) is 11.0 Å². The van der Waals surface area contributed by atoms with Crippen molar-refractivity contribution in [3.63, 3.8) is 0 Å². The maximum absolute atomic E-state index is 13.2. The Morgan fingerprint density at radius 1 is 1.15 bits per heavy atom. The Kier molecular flexibility index (Phi) is 6.69. The molecule has 11 heteroatoms. The molecule has 0 unspecified atom stereocenters. The number of esters is 2. The molecule has 2 heterocycles. The molecule has 3 aromatic rings. The van der Waals surface area contributed by atoms with Gasteiger partial charge in [-0.2, -0.15) is 4.31 Å². The van der Waals surface area contributed by atoms with Crippen LogP contribution in [-0.2, 0) is 30.9 Å². The van der Waals surface area contributed by atoms with Crippen LogP contribution in [0.3, 0.4) is 0 Å². The van der Waals surface area contributed by atoms with Gasteiger partial charge in [-0.3, -0.25) is 4.79 Å². The van der Waals surface area contributed by atoms with E-state index < -0.39 is 39.9 Å². The average molecular weight is 491 g/mol. The number of aliphatic hydroxyl groups excluding tert-OH is 1. The molecule has 1 fully saturated rings. The van der Waals surface area contributed by atoms with Gasteiger partial charge in [-0.1, -0.05) is 18.2 Å². The number of fused-ring (bicyclic) bond motifs is 1. The number of para-hydroxylation sites is 1. The summed E-state index contributed by atoms with van der Waals surface area (Å²) in [6.07, 6.45) is -1.26. The quantitative estimate of drug-likeness (QED) is 0.501. The molecule has 0 spiro atoms. The van der Waals surface area contributed by atoms with E-state index in [0.717, 1.165) is 28.6 Å². The molecule has 1 aromatic heterocycles. The minimum atomic E-state index is -4.21. The highest BCUT2D eigenvalue weighted by molar-refractivity contribution is 7.89. The van der Waals surface area contributed by atoms with E-state index in [1.165, 1.54) is 0 Å². The lowest BCUT2D eigenvalue weighted by atomic mass is 10.1. The maximum Gasteiger partial charge on any atom is 0.374 e. The number of ether oxygens (including phenoxy) is 2. The number of carbonyl (C=O) groups excluding carboxylic acids is 2. The molecule has 1 aliphatic rings. The molecule has 9 nitrogen and oxygen atoms in total. The van der Waals surface area contributed by atoms with E-state index in [4.69, 9.17) is 13.9 Å². The number of hydrogen-bond donors (Lipinski definition) is 1. The fourth-order valence-corrected chi connectivity index (χ4v) is 5.48. The van der Waals surface area contributed by atoms with E-state index in [9.17, 15) is 27.5 Å². The van der Waals surface area contributed by atoms with Gasteiger partial charge in [-0.15, -0.1) is 0 Å². The number of nitrogens with zero attached hydrogens (tertiary/aromatic N) is 1. The van der Waals surface area contributed by atoms with Crippen molar-refractivity contribution in [2.45, 2.75) is 37.0 Å². The highest BCUT2D eigenvalue weighted by Crippen LogP contribution is 2.30. The van der Waals surface area contributed by atoms with E-state index in [1.54, 1.807) is 31.2 Å². The van der Waals surface area contributed by atoms with Gasteiger partial charge in [0.05, 0.1) is 23.2 Å². The van der Waals surface area contributed by atoms with Crippen molar-refractivity contribution in [3.8, 4) is 0 Å². The molecule has 180 valence electrons. The Hall–Kier alpha value is -3.28.